The van der Waals surface area contributed by atoms with Crippen molar-refractivity contribution in [3.8, 4) is 11.5 Å². The second-order valence-corrected chi connectivity index (χ2v) is 3.78. The summed E-state index contributed by atoms with van der Waals surface area (Å²) in [5.41, 5.74) is 6.59. The van der Waals surface area contributed by atoms with Gasteiger partial charge in [-0.3, -0.25) is 0 Å². The van der Waals surface area contributed by atoms with Gasteiger partial charge in [-0.2, -0.15) is 0 Å². The van der Waals surface area contributed by atoms with E-state index in [1.165, 1.54) is 0 Å². The molecule has 3 N–H and O–H groups in total. The average Bonchev–Trinajstić information content (AvgIpc) is 2.43. The van der Waals surface area contributed by atoms with Gasteiger partial charge in [0.25, 0.3) is 0 Å². The maximum Gasteiger partial charge on any atom is 0.128 e. The SMILES string of the molecule is COc1ccc(C(CN)OCCCO)c(OC)c1. The molecule has 18 heavy (non-hydrogen) atoms. The van der Waals surface area contributed by atoms with E-state index in [-0.39, 0.29) is 12.7 Å². The highest BCUT2D eigenvalue weighted by molar-refractivity contribution is 5.42. The molecule has 102 valence electrons. The molecule has 0 saturated carbocycles. The zero-order valence-corrected chi connectivity index (χ0v) is 10.9. The molecule has 0 aliphatic carbocycles. The molecule has 0 aliphatic heterocycles. The van der Waals surface area contributed by atoms with Crippen molar-refractivity contribution in [3.63, 3.8) is 0 Å². The summed E-state index contributed by atoms with van der Waals surface area (Å²) in [6, 6.07) is 5.53. The van der Waals surface area contributed by atoms with Crippen LogP contribution in [0.4, 0.5) is 0 Å². The topological polar surface area (TPSA) is 73.9 Å². The van der Waals surface area contributed by atoms with Gasteiger partial charge in [-0.1, -0.05) is 0 Å². The van der Waals surface area contributed by atoms with E-state index in [1.54, 1.807) is 20.3 Å². The summed E-state index contributed by atoms with van der Waals surface area (Å²) in [7, 11) is 3.20. The van der Waals surface area contributed by atoms with Crippen molar-refractivity contribution in [2.75, 3.05) is 34.0 Å². The summed E-state index contributed by atoms with van der Waals surface area (Å²) in [4.78, 5) is 0. The third kappa shape index (κ3) is 3.87. The summed E-state index contributed by atoms with van der Waals surface area (Å²) < 4.78 is 16.1. The molecule has 0 bridgehead atoms. The summed E-state index contributed by atoms with van der Waals surface area (Å²) in [6.45, 7) is 0.929. The number of nitrogens with two attached hydrogens (primary N) is 1. The molecule has 1 aromatic rings. The van der Waals surface area contributed by atoms with Crippen LogP contribution in [0, 0.1) is 0 Å². The maximum atomic E-state index is 8.74. The van der Waals surface area contributed by atoms with Crippen molar-refractivity contribution >= 4 is 0 Å². The number of benzene rings is 1. The first-order valence-corrected chi connectivity index (χ1v) is 5.91. The van der Waals surface area contributed by atoms with E-state index in [9.17, 15) is 0 Å². The molecule has 5 heteroatoms. The molecule has 1 atom stereocenters. The summed E-state index contributed by atoms with van der Waals surface area (Å²) >= 11 is 0. The van der Waals surface area contributed by atoms with Crippen LogP contribution in [0.2, 0.25) is 0 Å². The average molecular weight is 255 g/mol. The van der Waals surface area contributed by atoms with Crippen LogP contribution in [0.1, 0.15) is 18.1 Å². The van der Waals surface area contributed by atoms with Gasteiger partial charge >= 0.3 is 0 Å². The van der Waals surface area contributed by atoms with Crippen LogP contribution in [0.5, 0.6) is 11.5 Å². The first kappa shape index (κ1) is 14.8. The largest absolute Gasteiger partial charge is 0.497 e. The van der Waals surface area contributed by atoms with Crippen LogP contribution in [-0.4, -0.2) is 39.1 Å². The Balaban J connectivity index is 2.83. The van der Waals surface area contributed by atoms with E-state index in [0.29, 0.717) is 25.3 Å². The quantitative estimate of drug-likeness (QED) is 0.680. The van der Waals surface area contributed by atoms with Gasteiger partial charge in [0.05, 0.1) is 20.3 Å². The highest BCUT2D eigenvalue weighted by Gasteiger charge is 2.15. The number of ether oxygens (including phenoxy) is 3. The molecular formula is C13H21NO4. The molecule has 0 heterocycles. The third-order valence-electron chi connectivity index (χ3n) is 2.62. The zero-order valence-electron chi connectivity index (χ0n) is 10.9. The van der Waals surface area contributed by atoms with Gasteiger partial charge in [-0.15, -0.1) is 0 Å². The van der Waals surface area contributed by atoms with E-state index in [1.807, 2.05) is 12.1 Å². The van der Waals surface area contributed by atoms with Gasteiger partial charge in [0.1, 0.15) is 11.5 Å². The third-order valence-corrected chi connectivity index (χ3v) is 2.62. The van der Waals surface area contributed by atoms with Gasteiger partial charge < -0.3 is 25.1 Å². The van der Waals surface area contributed by atoms with Crippen molar-refractivity contribution in [1.29, 1.82) is 0 Å². The Hall–Kier alpha value is -1.30. The number of hydrogen-bond acceptors (Lipinski definition) is 5. The van der Waals surface area contributed by atoms with Gasteiger partial charge in [0.2, 0.25) is 0 Å². The molecule has 0 fully saturated rings. The van der Waals surface area contributed by atoms with Crippen molar-refractivity contribution < 1.29 is 19.3 Å². The first-order chi connectivity index (χ1) is 8.76. The number of aliphatic hydroxyl groups excluding tert-OH is 1. The second-order valence-electron chi connectivity index (χ2n) is 3.78. The van der Waals surface area contributed by atoms with Gasteiger partial charge in [0.15, 0.2) is 0 Å². The predicted molar refractivity (Wildman–Crippen MR) is 69.0 cm³/mol. The van der Waals surface area contributed by atoms with E-state index < -0.39 is 0 Å². The fourth-order valence-corrected chi connectivity index (χ4v) is 1.66. The van der Waals surface area contributed by atoms with E-state index >= 15 is 0 Å². The lowest BCUT2D eigenvalue weighted by Gasteiger charge is -2.19. The van der Waals surface area contributed by atoms with E-state index in [4.69, 9.17) is 25.1 Å². The van der Waals surface area contributed by atoms with Crippen molar-refractivity contribution in [1.82, 2.24) is 0 Å². The van der Waals surface area contributed by atoms with Crippen molar-refractivity contribution in [2.24, 2.45) is 5.73 Å². The van der Waals surface area contributed by atoms with Crippen LogP contribution in [0.3, 0.4) is 0 Å². The molecular weight excluding hydrogens is 234 g/mol. The fraction of sp³-hybridized carbons (Fsp3) is 0.538. The number of aliphatic hydroxyl groups is 1. The molecule has 5 nitrogen and oxygen atoms in total. The van der Waals surface area contributed by atoms with Gasteiger partial charge in [0, 0.05) is 31.4 Å². The van der Waals surface area contributed by atoms with Crippen LogP contribution < -0.4 is 15.2 Å². The molecule has 1 rings (SSSR count). The van der Waals surface area contributed by atoms with E-state index in [0.717, 1.165) is 11.3 Å². The zero-order chi connectivity index (χ0) is 13.4. The highest BCUT2D eigenvalue weighted by Crippen LogP contribution is 2.30. The minimum Gasteiger partial charge on any atom is -0.497 e. The lowest BCUT2D eigenvalue weighted by Crippen LogP contribution is -2.17. The predicted octanol–water partition coefficient (Wildman–Crippen LogP) is 1.10. The first-order valence-electron chi connectivity index (χ1n) is 5.91. The number of rotatable bonds is 8. The summed E-state index contributed by atoms with van der Waals surface area (Å²) in [5.74, 6) is 1.41. The Morgan fingerprint density at radius 3 is 2.61 bits per heavy atom. The Kier molecular flexibility index (Phi) is 6.49. The van der Waals surface area contributed by atoms with Crippen LogP contribution in [0.25, 0.3) is 0 Å². The van der Waals surface area contributed by atoms with Crippen LogP contribution in [-0.2, 0) is 4.74 Å². The Bertz CT molecular complexity index is 357. The smallest absolute Gasteiger partial charge is 0.128 e. The maximum absolute atomic E-state index is 8.74. The standard InChI is InChI=1S/C13H21NO4/c1-16-10-4-5-11(12(8-10)17-2)13(9-14)18-7-3-6-15/h4-5,8,13,15H,3,6-7,9,14H2,1-2H3. The Labute approximate surface area is 107 Å². The lowest BCUT2D eigenvalue weighted by molar-refractivity contribution is 0.0473. The molecule has 0 spiro atoms. The minimum atomic E-state index is -0.239. The molecule has 0 amide bonds. The molecule has 0 saturated heterocycles. The number of methoxy groups -OCH3 is 2. The molecule has 1 unspecified atom stereocenters. The Morgan fingerprint density at radius 2 is 2.06 bits per heavy atom. The van der Waals surface area contributed by atoms with Crippen LogP contribution >= 0.6 is 0 Å². The monoisotopic (exact) mass is 255 g/mol. The Morgan fingerprint density at radius 1 is 1.28 bits per heavy atom. The van der Waals surface area contributed by atoms with E-state index in [2.05, 4.69) is 0 Å². The molecule has 1 aromatic carbocycles. The fourth-order valence-electron chi connectivity index (χ4n) is 1.66. The molecule has 0 aromatic heterocycles. The molecule has 0 aliphatic rings. The van der Waals surface area contributed by atoms with Gasteiger partial charge in [-0.25, -0.2) is 0 Å². The van der Waals surface area contributed by atoms with Gasteiger partial charge in [-0.05, 0) is 18.6 Å². The van der Waals surface area contributed by atoms with Crippen LogP contribution in [0.15, 0.2) is 18.2 Å². The second kappa shape index (κ2) is 7.92. The van der Waals surface area contributed by atoms with Crippen molar-refractivity contribution in [2.45, 2.75) is 12.5 Å². The van der Waals surface area contributed by atoms with Crippen molar-refractivity contribution in [3.05, 3.63) is 23.8 Å². The summed E-state index contributed by atoms with van der Waals surface area (Å²) in [6.07, 6.45) is 0.354. The number of hydrogen-bond donors (Lipinski definition) is 2. The highest BCUT2D eigenvalue weighted by atomic mass is 16.5. The summed E-state index contributed by atoms with van der Waals surface area (Å²) in [5, 5.41) is 8.74. The lowest BCUT2D eigenvalue weighted by atomic mass is 10.1. The normalized spacial score (nSPS) is 12.2. The molecule has 0 radical (unpaired) electrons. The minimum absolute atomic E-state index is 0.108.